The highest BCUT2D eigenvalue weighted by atomic mass is 32.2. The summed E-state index contributed by atoms with van der Waals surface area (Å²) in [6.45, 7) is 3.30. The summed E-state index contributed by atoms with van der Waals surface area (Å²) < 4.78 is 27.0. The highest BCUT2D eigenvalue weighted by molar-refractivity contribution is 7.91. The number of hydrogen-bond acceptors (Lipinski definition) is 4. The lowest BCUT2D eigenvalue weighted by Crippen LogP contribution is -2.40. The second kappa shape index (κ2) is 5.06. The fraction of sp³-hybridized carbons (Fsp3) is 0.636. The van der Waals surface area contributed by atoms with E-state index in [0.717, 1.165) is 24.3 Å². The zero-order valence-electron chi connectivity index (χ0n) is 10.1. The average Bonchev–Trinajstić information content (AvgIpc) is 2.87. The first-order valence-electron chi connectivity index (χ1n) is 5.78. The van der Waals surface area contributed by atoms with E-state index in [9.17, 15) is 8.42 Å². The molecule has 6 heteroatoms. The minimum absolute atomic E-state index is 0.104. The van der Waals surface area contributed by atoms with Crippen LogP contribution in [0.1, 0.15) is 17.7 Å². The van der Waals surface area contributed by atoms with Crippen molar-refractivity contribution in [3.63, 3.8) is 0 Å². The summed E-state index contributed by atoms with van der Waals surface area (Å²) in [6.07, 6.45) is 1.90. The summed E-state index contributed by atoms with van der Waals surface area (Å²) in [5.41, 5.74) is 0. The summed E-state index contributed by atoms with van der Waals surface area (Å²) in [5, 5.41) is 3.07. The number of likely N-dealkylation sites (N-methyl/N-ethyl adjacent to an activating group) is 1. The molecule has 1 atom stereocenters. The predicted molar refractivity (Wildman–Crippen MR) is 69.9 cm³/mol. The van der Waals surface area contributed by atoms with Crippen LogP contribution >= 0.6 is 11.3 Å². The molecule has 0 aliphatic carbocycles. The number of rotatable bonds is 4. The Morgan fingerprint density at radius 3 is 2.88 bits per heavy atom. The molecule has 1 N–H and O–H groups in total. The summed E-state index contributed by atoms with van der Waals surface area (Å²) >= 11 is 1.35. The minimum Gasteiger partial charge on any atom is -0.318 e. The molecule has 2 heterocycles. The highest BCUT2D eigenvalue weighted by Crippen LogP contribution is 2.29. The Balaban J connectivity index is 2.26. The van der Waals surface area contributed by atoms with Gasteiger partial charge in [-0.1, -0.05) is 0 Å². The molecular formula is C11H18N2O2S2. The Labute approximate surface area is 107 Å². The molecule has 0 saturated carbocycles. The number of nitrogens with zero attached hydrogens (tertiary/aromatic N) is 1. The van der Waals surface area contributed by atoms with Gasteiger partial charge in [-0.05, 0) is 38.9 Å². The monoisotopic (exact) mass is 274 g/mol. The van der Waals surface area contributed by atoms with E-state index in [1.165, 1.54) is 11.3 Å². The molecule has 17 heavy (non-hydrogen) atoms. The zero-order valence-corrected chi connectivity index (χ0v) is 11.8. The maximum atomic E-state index is 12.4. The van der Waals surface area contributed by atoms with Gasteiger partial charge in [0.2, 0.25) is 0 Å². The molecule has 96 valence electrons. The van der Waals surface area contributed by atoms with Crippen LogP contribution < -0.4 is 5.32 Å². The largest absolute Gasteiger partial charge is 0.318 e. The van der Waals surface area contributed by atoms with Crippen molar-refractivity contribution in [1.29, 1.82) is 0 Å². The average molecular weight is 274 g/mol. The third kappa shape index (κ3) is 2.54. The van der Waals surface area contributed by atoms with E-state index < -0.39 is 10.0 Å². The van der Waals surface area contributed by atoms with Crippen LogP contribution in [0, 0.1) is 6.92 Å². The van der Waals surface area contributed by atoms with Crippen LogP contribution in [0.15, 0.2) is 16.3 Å². The third-order valence-electron chi connectivity index (χ3n) is 3.04. The van der Waals surface area contributed by atoms with Crippen molar-refractivity contribution >= 4 is 21.4 Å². The molecule has 1 aliphatic rings. The highest BCUT2D eigenvalue weighted by Gasteiger charge is 2.35. The van der Waals surface area contributed by atoms with Gasteiger partial charge in [0.25, 0.3) is 10.0 Å². The van der Waals surface area contributed by atoms with Crippen molar-refractivity contribution in [2.45, 2.75) is 30.0 Å². The second-order valence-corrected chi connectivity index (χ2v) is 7.74. The van der Waals surface area contributed by atoms with E-state index in [0.29, 0.717) is 10.8 Å². The zero-order chi connectivity index (χ0) is 12.5. The van der Waals surface area contributed by atoms with E-state index >= 15 is 0 Å². The van der Waals surface area contributed by atoms with Crippen molar-refractivity contribution in [1.82, 2.24) is 9.62 Å². The van der Waals surface area contributed by atoms with Crippen molar-refractivity contribution < 1.29 is 8.42 Å². The molecule has 1 unspecified atom stereocenters. The standard InChI is InChI=1S/C11H18N2O2S2/c1-9-5-6-11(16-9)17(14,15)13-7-3-4-10(13)8-12-2/h5-6,10,12H,3-4,7-8H2,1-2H3. The Hall–Kier alpha value is -0.430. The molecule has 1 fully saturated rings. The lowest BCUT2D eigenvalue weighted by atomic mass is 10.2. The molecule has 1 saturated heterocycles. The molecule has 0 bridgehead atoms. The Kier molecular flexibility index (Phi) is 3.87. The summed E-state index contributed by atoms with van der Waals surface area (Å²) in [4.78, 5) is 1.04. The quantitative estimate of drug-likeness (QED) is 0.903. The van der Waals surface area contributed by atoms with Gasteiger partial charge in [-0.25, -0.2) is 8.42 Å². The summed E-state index contributed by atoms with van der Waals surface area (Å²) in [6, 6.07) is 3.68. The molecule has 0 spiro atoms. The van der Waals surface area contributed by atoms with Gasteiger partial charge in [0.05, 0.1) is 0 Å². The first-order valence-corrected chi connectivity index (χ1v) is 8.04. The van der Waals surface area contributed by atoms with Crippen molar-refractivity contribution in [3.05, 3.63) is 17.0 Å². The van der Waals surface area contributed by atoms with Crippen molar-refractivity contribution in [3.8, 4) is 0 Å². The maximum absolute atomic E-state index is 12.4. The van der Waals surface area contributed by atoms with Crippen LogP contribution in [0.4, 0.5) is 0 Å². The predicted octanol–water partition coefficient (Wildman–Crippen LogP) is 1.43. The van der Waals surface area contributed by atoms with E-state index in [1.807, 2.05) is 20.0 Å². The fourth-order valence-corrected chi connectivity index (χ4v) is 5.34. The molecular weight excluding hydrogens is 256 g/mol. The second-order valence-electron chi connectivity index (χ2n) is 4.33. The molecule has 1 aliphatic heterocycles. The van der Waals surface area contributed by atoms with Gasteiger partial charge in [-0.3, -0.25) is 0 Å². The lowest BCUT2D eigenvalue weighted by Gasteiger charge is -2.22. The number of thiophene rings is 1. The lowest BCUT2D eigenvalue weighted by molar-refractivity contribution is 0.380. The number of aryl methyl sites for hydroxylation is 1. The number of hydrogen-bond donors (Lipinski definition) is 1. The first-order chi connectivity index (χ1) is 8.05. The topological polar surface area (TPSA) is 49.4 Å². The summed E-state index contributed by atoms with van der Waals surface area (Å²) in [7, 11) is -1.42. The van der Waals surface area contributed by atoms with Gasteiger partial charge >= 0.3 is 0 Å². The Bertz CT molecular complexity index is 481. The van der Waals surface area contributed by atoms with E-state index in [1.54, 1.807) is 10.4 Å². The van der Waals surface area contributed by atoms with Gasteiger partial charge in [0.15, 0.2) is 0 Å². The van der Waals surface area contributed by atoms with Gasteiger partial charge < -0.3 is 5.32 Å². The molecule has 1 aromatic heterocycles. The molecule has 0 amide bonds. The smallest absolute Gasteiger partial charge is 0.252 e. The van der Waals surface area contributed by atoms with Crippen LogP contribution in [0.25, 0.3) is 0 Å². The summed E-state index contributed by atoms with van der Waals surface area (Å²) in [5.74, 6) is 0. The van der Waals surface area contributed by atoms with E-state index in [4.69, 9.17) is 0 Å². The maximum Gasteiger partial charge on any atom is 0.252 e. The first kappa shape index (κ1) is 13.0. The molecule has 4 nitrogen and oxygen atoms in total. The molecule has 1 aromatic rings. The normalized spacial score (nSPS) is 22.1. The number of nitrogens with one attached hydrogen (secondary N) is 1. The van der Waals surface area contributed by atoms with Gasteiger partial charge in [-0.2, -0.15) is 4.31 Å². The van der Waals surface area contributed by atoms with Crippen LogP contribution in [0.2, 0.25) is 0 Å². The number of sulfonamides is 1. The Morgan fingerprint density at radius 2 is 2.29 bits per heavy atom. The Morgan fingerprint density at radius 1 is 1.53 bits per heavy atom. The van der Waals surface area contributed by atoms with Gasteiger partial charge in [0.1, 0.15) is 4.21 Å². The van der Waals surface area contributed by atoms with Crippen molar-refractivity contribution in [2.24, 2.45) is 0 Å². The van der Waals surface area contributed by atoms with Crippen LogP contribution in [0.5, 0.6) is 0 Å². The molecule has 0 aromatic carbocycles. The SMILES string of the molecule is CNCC1CCCN1S(=O)(=O)c1ccc(C)s1. The van der Waals surface area contributed by atoms with E-state index in [2.05, 4.69) is 5.32 Å². The van der Waals surface area contributed by atoms with Crippen molar-refractivity contribution in [2.75, 3.05) is 20.1 Å². The molecule has 0 radical (unpaired) electrons. The minimum atomic E-state index is -3.28. The van der Waals surface area contributed by atoms with Gasteiger partial charge in [0, 0.05) is 24.0 Å². The van der Waals surface area contributed by atoms with Gasteiger partial charge in [-0.15, -0.1) is 11.3 Å². The van der Waals surface area contributed by atoms with Crippen LogP contribution in [-0.4, -0.2) is 38.9 Å². The van der Waals surface area contributed by atoms with Crippen LogP contribution in [0.3, 0.4) is 0 Å². The molecule has 2 rings (SSSR count). The van der Waals surface area contributed by atoms with Crippen LogP contribution in [-0.2, 0) is 10.0 Å². The third-order valence-corrected chi connectivity index (χ3v) is 6.46. The fourth-order valence-electron chi connectivity index (χ4n) is 2.23. The van der Waals surface area contributed by atoms with E-state index in [-0.39, 0.29) is 6.04 Å².